The molecule has 1 aliphatic rings. The van der Waals surface area contributed by atoms with Crippen LogP contribution in [-0.4, -0.2) is 47.5 Å². The largest absolute Gasteiger partial charge is 0.497 e. The van der Waals surface area contributed by atoms with Gasteiger partial charge in [0, 0.05) is 11.6 Å². The maximum atomic E-state index is 14.7. The first-order valence-electron chi connectivity index (χ1n) is 10.3. The molecule has 1 fully saturated rings. The molecular weight excluding hydrogens is 422 g/mol. The number of carbonyl (C=O) groups is 1. The molecule has 32 heavy (non-hydrogen) atoms. The van der Waals surface area contributed by atoms with Gasteiger partial charge in [0.15, 0.2) is 11.6 Å². The molecule has 0 spiro atoms. The highest BCUT2D eigenvalue weighted by molar-refractivity contribution is 5.89. The molecule has 0 aliphatic carbocycles. The van der Waals surface area contributed by atoms with Crippen LogP contribution < -0.4 is 15.0 Å². The minimum Gasteiger partial charge on any atom is -0.497 e. The monoisotopic (exact) mass is 450 g/mol. The van der Waals surface area contributed by atoms with Crippen molar-refractivity contribution in [3.05, 3.63) is 41.6 Å². The summed E-state index contributed by atoms with van der Waals surface area (Å²) in [5.41, 5.74) is -0.114. The van der Waals surface area contributed by atoms with Gasteiger partial charge < -0.3 is 19.5 Å². The van der Waals surface area contributed by atoms with E-state index in [2.05, 4.69) is 15.3 Å². The van der Waals surface area contributed by atoms with Crippen molar-refractivity contribution in [2.75, 3.05) is 23.9 Å². The van der Waals surface area contributed by atoms with Gasteiger partial charge in [-0.15, -0.1) is 0 Å². The van der Waals surface area contributed by atoms with Crippen LogP contribution in [0.5, 0.6) is 5.75 Å². The minimum atomic E-state index is -0.786. The topological polar surface area (TPSA) is 85.8 Å². The summed E-state index contributed by atoms with van der Waals surface area (Å²) in [5.74, 6) is -1.06. The van der Waals surface area contributed by atoms with Crippen molar-refractivity contribution in [3.63, 3.8) is 0 Å². The van der Waals surface area contributed by atoms with Crippen molar-refractivity contribution >= 4 is 17.9 Å². The van der Waals surface area contributed by atoms with E-state index < -0.39 is 41.5 Å². The normalized spacial score (nSPS) is 18.3. The van der Waals surface area contributed by atoms with Crippen LogP contribution >= 0.6 is 0 Å². The molecule has 0 unspecified atom stereocenters. The first kappa shape index (κ1) is 23.6. The Morgan fingerprint density at radius 3 is 2.59 bits per heavy atom. The molecule has 1 aliphatic heterocycles. The van der Waals surface area contributed by atoms with Crippen molar-refractivity contribution in [2.24, 2.45) is 0 Å². The van der Waals surface area contributed by atoms with Gasteiger partial charge in [0.25, 0.3) is 0 Å². The average Bonchev–Trinajstić information content (AvgIpc) is 3.09. The van der Waals surface area contributed by atoms with Crippen molar-refractivity contribution in [2.45, 2.75) is 58.4 Å². The third-order valence-corrected chi connectivity index (χ3v) is 4.96. The van der Waals surface area contributed by atoms with Crippen molar-refractivity contribution in [1.29, 1.82) is 0 Å². The number of anilines is 2. The van der Waals surface area contributed by atoms with Crippen LogP contribution in [0.2, 0.25) is 0 Å². The van der Waals surface area contributed by atoms with Crippen LogP contribution in [0, 0.1) is 11.6 Å². The molecule has 2 heterocycles. The maximum Gasteiger partial charge on any atom is 0.416 e. The first-order valence-corrected chi connectivity index (χ1v) is 10.3. The molecule has 1 N–H and O–H groups in total. The maximum absolute atomic E-state index is 14.7. The SMILES string of the molecule is COc1ccc([C@H](C)Nc2ncc(F)c(N3C(=O)OC[C@@H]3[C@@H](C)OC(C)(C)C)n2)c(F)c1. The van der Waals surface area contributed by atoms with E-state index >= 15 is 0 Å². The quantitative estimate of drug-likeness (QED) is 0.666. The van der Waals surface area contributed by atoms with E-state index in [9.17, 15) is 13.6 Å². The Balaban J connectivity index is 1.85. The second-order valence-corrected chi connectivity index (χ2v) is 8.57. The average molecular weight is 450 g/mol. The number of carbonyl (C=O) groups excluding carboxylic acids is 1. The summed E-state index contributed by atoms with van der Waals surface area (Å²) in [6.45, 7) is 9.20. The predicted molar refractivity (Wildman–Crippen MR) is 115 cm³/mol. The Labute approximate surface area is 185 Å². The summed E-state index contributed by atoms with van der Waals surface area (Å²) in [5, 5.41) is 2.94. The van der Waals surface area contributed by atoms with Crippen LogP contribution in [0.3, 0.4) is 0 Å². The lowest BCUT2D eigenvalue weighted by atomic mass is 10.1. The van der Waals surface area contributed by atoms with Gasteiger partial charge in [-0.2, -0.15) is 4.98 Å². The molecule has 3 atom stereocenters. The Morgan fingerprint density at radius 1 is 1.25 bits per heavy atom. The lowest BCUT2D eigenvalue weighted by molar-refractivity contribution is -0.0618. The number of methoxy groups -OCH3 is 1. The minimum absolute atomic E-state index is 0.0342. The standard InChI is InChI=1S/C22H28F2N4O4/c1-12(15-8-7-14(30-6)9-16(15)23)26-20-25-10-17(24)19(27-20)28-18(11-31-21(28)29)13(2)32-22(3,4)5/h7-10,12-13,18H,11H2,1-6H3,(H,25,26,27)/t12-,13+,18+/m0/s1. The van der Waals surface area contributed by atoms with Gasteiger partial charge in [-0.25, -0.2) is 23.5 Å². The summed E-state index contributed by atoms with van der Waals surface area (Å²) < 4.78 is 45.2. The van der Waals surface area contributed by atoms with E-state index in [4.69, 9.17) is 14.2 Å². The Morgan fingerprint density at radius 2 is 1.97 bits per heavy atom. The summed E-state index contributed by atoms with van der Waals surface area (Å²) in [6.07, 6.45) is -0.212. The number of benzene rings is 1. The molecule has 0 bridgehead atoms. The van der Waals surface area contributed by atoms with Crippen LogP contribution in [0.25, 0.3) is 0 Å². The fraction of sp³-hybridized carbons (Fsp3) is 0.500. The number of nitrogens with one attached hydrogen (secondary N) is 1. The Bertz CT molecular complexity index is 983. The molecule has 10 heteroatoms. The Hall–Kier alpha value is -3.01. The summed E-state index contributed by atoms with van der Waals surface area (Å²) >= 11 is 0. The molecule has 0 saturated carbocycles. The van der Waals surface area contributed by atoms with Crippen molar-refractivity contribution in [1.82, 2.24) is 9.97 Å². The first-order chi connectivity index (χ1) is 15.0. The number of rotatable bonds is 7. The summed E-state index contributed by atoms with van der Waals surface area (Å²) in [4.78, 5) is 21.7. The lowest BCUT2D eigenvalue weighted by Crippen LogP contribution is -2.45. The highest BCUT2D eigenvalue weighted by Gasteiger charge is 2.41. The van der Waals surface area contributed by atoms with E-state index in [1.54, 1.807) is 26.0 Å². The number of hydrogen-bond acceptors (Lipinski definition) is 7. The lowest BCUT2D eigenvalue weighted by Gasteiger charge is -2.31. The molecule has 1 saturated heterocycles. The fourth-order valence-electron chi connectivity index (χ4n) is 3.52. The highest BCUT2D eigenvalue weighted by Crippen LogP contribution is 2.30. The van der Waals surface area contributed by atoms with Gasteiger partial charge in [0.1, 0.15) is 24.2 Å². The second kappa shape index (κ2) is 9.23. The highest BCUT2D eigenvalue weighted by atomic mass is 19.1. The number of nitrogens with zero attached hydrogens (tertiary/aromatic N) is 3. The summed E-state index contributed by atoms with van der Waals surface area (Å²) in [6, 6.07) is 3.37. The molecule has 8 nitrogen and oxygen atoms in total. The number of amides is 1. The third kappa shape index (κ3) is 5.24. The predicted octanol–water partition coefficient (Wildman–Crippen LogP) is 4.47. The van der Waals surface area contributed by atoms with E-state index in [-0.39, 0.29) is 18.4 Å². The number of ether oxygens (including phenoxy) is 3. The number of cyclic esters (lactones) is 1. The van der Waals surface area contributed by atoms with Crippen LogP contribution in [0.15, 0.2) is 24.4 Å². The zero-order valence-electron chi connectivity index (χ0n) is 19.0. The molecule has 1 aromatic heterocycles. The van der Waals surface area contributed by atoms with Gasteiger partial charge in [-0.3, -0.25) is 0 Å². The summed E-state index contributed by atoms with van der Waals surface area (Å²) in [7, 11) is 1.45. The zero-order valence-corrected chi connectivity index (χ0v) is 19.0. The molecule has 3 rings (SSSR count). The molecule has 1 aromatic carbocycles. The second-order valence-electron chi connectivity index (χ2n) is 8.57. The molecular formula is C22H28F2N4O4. The van der Waals surface area contributed by atoms with Crippen molar-refractivity contribution < 1.29 is 27.8 Å². The third-order valence-electron chi connectivity index (χ3n) is 4.96. The van der Waals surface area contributed by atoms with Gasteiger partial charge >= 0.3 is 6.09 Å². The molecule has 0 radical (unpaired) electrons. The number of aromatic nitrogens is 2. The van der Waals surface area contributed by atoms with Gasteiger partial charge in [0.05, 0.1) is 31.1 Å². The van der Waals surface area contributed by atoms with Crippen LogP contribution in [-0.2, 0) is 9.47 Å². The fourth-order valence-corrected chi connectivity index (χ4v) is 3.52. The van der Waals surface area contributed by atoms with Gasteiger partial charge in [-0.1, -0.05) is 6.07 Å². The van der Waals surface area contributed by atoms with Crippen molar-refractivity contribution in [3.8, 4) is 5.75 Å². The molecule has 174 valence electrons. The Kier molecular flexibility index (Phi) is 6.82. The molecule has 2 aromatic rings. The number of hydrogen-bond donors (Lipinski definition) is 1. The van der Waals surface area contributed by atoms with E-state index in [0.717, 1.165) is 11.1 Å². The van der Waals surface area contributed by atoms with E-state index in [1.165, 1.54) is 13.2 Å². The smallest absolute Gasteiger partial charge is 0.416 e. The van der Waals surface area contributed by atoms with Gasteiger partial charge in [0.2, 0.25) is 5.95 Å². The van der Waals surface area contributed by atoms with E-state index in [0.29, 0.717) is 11.3 Å². The van der Waals surface area contributed by atoms with Crippen LogP contribution in [0.4, 0.5) is 25.3 Å². The van der Waals surface area contributed by atoms with Gasteiger partial charge in [-0.05, 0) is 40.7 Å². The number of halogens is 2. The zero-order chi connectivity index (χ0) is 23.6. The van der Waals surface area contributed by atoms with E-state index in [1.807, 2.05) is 20.8 Å². The molecule has 1 amide bonds. The van der Waals surface area contributed by atoms with Crippen LogP contribution in [0.1, 0.15) is 46.2 Å².